The van der Waals surface area contributed by atoms with Gasteiger partial charge in [-0.3, -0.25) is 34.2 Å². The van der Waals surface area contributed by atoms with Crippen LogP contribution in [-0.4, -0.2) is 117 Å². The quantitative estimate of drug-likeness (QED) is 0.0489. The fourth-order valence-electron chi connectivity index (χ4n) is 8.62. The van der Waals surface area contributed by atoms with Crippen molar-refractivity contribution in [3.05, 3.63) is 114 Å². The van der Waals surface area contributed by atoms with Crippen molar-refractivity contribution < 1.29 is 59.7 Å². The van der Waals surface area contributed by atoms with Crippen molar-refractivity contribution in [1.82, 2.24) is 30.5 Å². The number of hydrogen-bond donors (Lipinski definition) is 5. The van der Waals surface area contributed by atoms with Gasteiger partial charge in [0.2, 0.25) is 17.7 Å². The third kappa shape index (κ3) is 12.6. The van der Waals surface area contributed by atoms with E-state index >= 15 is 0 Å². The summed E-state index contributed by atoms with van der Waals surface area (Å²) in [4.78, 5) is 67.2. The third-order valence-electron chi connectivity index (χ3n) is 12.8. The summed E-state index contributed by atoms with van der Waals surface area (Å²) in [5.41, 5.74) is 3.12. The number of ether oxygens (including phenoxy) is 4. The number of sulfonamides is 1. The molecule has 6 aromatic rings. The first-order valence-corrected chi connectivity index (χ1v) is 25.5. The molecule has 5 heterocycles. The summed E-state index contributed by atoms with van der Waals surface area (Å²) >= 11 is 0. The molecule has 0 radical (unpaired) electrons. The van der Waals surface area contributed by atoms with Crippen LogP contribution in [0.25, 0.3) is 22.4 Å². The molecule has 74 heavy (non-hydrogen) atoms. The molecule has 1 saturated heterocycles. The van der Waals surface area contributed by atoms with E-state index in [4.69, 9.17) is 18.9 Å². The summed E-state index contributed by atoms with van der Waals surface area (Å²) < 4.78 is 81.1. The van der Waals surface area contributed by atoms with Crippen LogP contribution in [0.2, 0.25) is 0 Å². The number of benzene rings is 3. The average Bonchev–Trinajstić information content (AvgIpc) is 4.02. The monoisotopic (exact) mass is 1040 g/mol. The van der Waals surface area contributed by atoms with Crippen LogP contribution in [0, 0.1) is 12.8 Å². The van der Waals surface area contributed by atoms with Crippen molar-refractivity contribution in [2.75, 3.05) is 74.5 Å². The average molecular weight is 1040 g/mol. The Balaban J connectivity index is 0.614. The van der Waals surface area contributed by atoms with Crippen molar-refractivity contribution >= 4 is 62.3 Å². The van der Waals surface area contributed by atoms with E-state index in [0.717, 1.165) is 5.56 Å². The van der Waals surface area contributed by atoms with Crippen LogP contribution in [0.5, 0.6) is 11.5 Å². The number of aryl methyl sites for hydroxylation is 1. The summed E-state index contributed by atoms with van der Waals surface area (Å²) in [6, 6.07) is 22.3. The Hall–Kier alpha value is -7.60. The zero-order valence-electron chi connectivity index (χ0n) is 40.2. The first-order chi connectivity index (χ1) is 35.6. The summed E-state index contributed by atoms with van der Waals surface area (Å²) in [5, 5.41) is 11.3. The van der Waals surface area contributed by atoms with Gasteiger partial charge in [0.05, 0.1) is 48.1 Å². The van der Waals surface area contributed by atoms with E-state index in [1.807, 2.05) is 19.1 Å². The summed E-state index contributed by atoms with van der Waals surface area (Å²) in [6.07, 6.45) is 1.55. The van der Waals surface area contributed by atoms with Gasteiger partial charge in [0.1, 0.15) is 11.3 Å². The molecule has 20 nitrogen and oxygen atoms in total. The second kappa shape index (κ2) is 22.3. The van der Waals surface area contributed by atoms with Gasteiger partial charge in [0.25, 0.3) is 15.9 Å². The Bertz CT molecular complexity index is 3150. The number of pyridine rings is 2. The lowest BCUT2D eigenvalue weighted by atomic mass is 9.94. The number of alkyl halides is 2. The Labute approximate surface area is 424 Å². The number of likely N-dealkylation sites (tertiary alicyclic amines) is 1. The van der Waals surface area contributed by atoms with Crippen molar-refractivity contribution in [3.8, 4) is 22.8 Å². The van der Waals surface area contributed by atoms with Crippen LogP contribution in [0.3, 0.4) is 0 Å². The lowest BCUT2D eigenvalue weighted by molar-refractivity contribution is -0.286. The second-order valence-corrected chi connectivity index (χ2v) is 19.7. The number of aromatic nitrogens is 3. The number of amides is 4. The minimum atomic E-state index is -3.84. The van der Waals surface area contributed by atoms with Gasteiger partial charge in [-0.2, -0.15) is 4.98 Å². The Kier molecular flexibility index (Phi) is 15.4. The standard InChI is InChI=1S/C51H53F2N9O11S/c1-32-5-10-43(59-48(66)50(16-17-50)36-6-9-40-42(30-36)73-51(52,53)72-40)58-45(32)34-3-2-4-35(29-34)46(64)56-21-26-70-28-27-69-25-20-55-44(63)15-24-62-22-13-33(14-23-62)47(65)60-49-57-39-8-7-37(31-41(39)71-49)61-74(67,68)38-11-18-54-19-12-38/h2-12,18-19,29-31,33,61H,13-17,20-28H2,1H3,(H,55,63)(H,56,64)(H,57,60,65)(H,58,59,66). The largest absolute Gasteiger partial charge is 0.586 e. The van der Waals surface area contributed by atoms with Crippen LogP contribution in [0.4, 0.5) is 26.3 Å². The highest BCUT2D eigenvalue weighted by molar-refractivity contribution is 7.92. The zero-order chi connectivity index (χ0) is 51.9. The minimum Gasteiger partial charge on any atom is -0.423 e. The van der Waals surface area contributed by atoms with E-state index in [-0.39, 0.29) is 77.4 Å². The number of fused-ring (bicyclic) bond motifs is 2. The molecule has 2 aliphatic heterocycles. The van der Waals surface area contributed by atoms with Crippen LogP contribution < -0.4 is 35.5 Å². The first-order valence-electron chi connectivity index (χ1n) is 24.0. The predicted molar refractivity (Wildman–Crippen MR) is 265 cm³/mol. The molecule has 0 bridgehead atoms. The predicted octanol–water partition coefficient (Wildman–Crippen LogP) is 6.01. The number of nitrogens with zero attached hydrogens (tertiary/aromatic N) is 4. The number of carbonyl (C=O) groups is 4. The number of nitrogens with one attached hydrogen (secondary N) is 5. The Morgan fingerprint density at radius 3 is 2.31 bits per heavy atom. The molecule has 0 atom stereocenters. The first kappa shape index (κ1) is 51.3. The maximum absolute atomic E-state index is 13.6. The van der Waals surface area contributed by atoms with Crippen molar-refractivity contribution in [2.45, 2.75) is 55.6 Å². The molecule has 4 amide bonds. The Morgan fingerprint density at radius 1 is 0.811 bits per heavy atom. The summed E-state index contributed by atoms with van der Waals surface area (Å²) in [7, 11) is -3.84. The SMILES string of the molecule is Cc1ccc(NC(=O)C2(c3ccc4c(c3)OC(F)(F)O4)CC2)nc1-c1cccc(C(=O)NCCOCCOCCNC(=O)CCN2CCC(C(=O)Nc3nc4ccc(NS(=O)(=O)c5ccncc5)cc4o3)CC2)c1. The van der Waals surface area contributed by atoms with Crippen LogP contribution in [-0.2, 0) is 39.3 Å². The van der Waals surface area contributed by atoms with Gasteiger partial charge in [0, 0.05) is 61.6 Å². The van der Waals surface area contributed by atoms with Gasteiger partial charge in [-0.05, 0) is 111 Å². The molecule has 5 N–H and O–H groups in total. The summed E-state index contributed by atoms with van der Waals surface area (Å²) in [6.45, 7) is 5.42. The van der Waals surface area contributed by atoms with Crippen LogP contribution >= 0.6 is 0 Å². The van der Waals surface area contributed by atoms with Gasteiger partial charge < -0.3 is 44.2 Å². The number of oxazole rings is 1. The fourth-order valence-corrected chi connectivity index (χ4v) is 9.66. The van der Waals surface area contributed by atoms with Gasteiger partial charge in [0.15, 0.2) is 17.1 Å². The number of carbonyl (C=O) groups excluding carboxylic acids is 4. The zero-order valence-corrected chi connectivity index (χ0v) is 41.0. The topological polar surface area (TPSA) is 255 Å². The lowest BCUT2D eigenvalue weighted by Crippen LogP contribution is -2.40. The van der Waals surface area contributed by atoms with Crippen LogP contribution in [0.1, 0.15) is 53.6 Å². The number of halogens is 2. The van der Waals surface area contributed by atoms with E-state index in [1.165, 1.54) is 42.7 Å². The molecule has 3 aromatic carbocycles. The molecule has 3 aliphatic rings. The minimum absolute atomic E-state index is 0.0186. The maximum atomic E-state index is 13.6. The maximum Gasteiger partial charge on any atom is 0.586 e. The number of anilines is 3. The van der Waals surface area contributed by atoms with Crippen molar-refractivity contribution in [2.24, 2.45) is 5.92 Å². The van der Waals surface area contributed by atoms with E-state index in [9.17, 15) is 36.4 Å². The van der Waals surface area contributed by atoms with E-state index < -0.39 is 21.7 Å². The fraction of sp³-hybridized carbons (Fsp3) is 0.353. The molecular weight excluding hydrogens is 985 g/mol. The van der Waals surface area contributed by atoms with Crippen molar-refractivity contribution in [3.63, 3.8) is 0 Å². The molecule has 1 aliphatic carbocycles. The van der Waals surface area contributed by atoms with Gasteiger partial charge in [-0.1, -0.05) is 24.3 Å². The molecule has 388 valence electrons. The highest BCUT2D eigenvalue weighted by Crippen LogP contribution is 2.52. The van der Waals surface area contributed by atoms with E-state index in [0.29, 0.717) is 111 Å². The lowest BCUT2D eigenvalue weighted by Gasteiger charge is -2.30. The van der Waals surface area contributed by atoms with E-state index in [2.05, 4.69) is 50.3 Å². The number of hydrogen-bond acceptors (Lipinski definition) is 15. The second-order valence-electron chi connectivity index (χ2n) is 18.0. The van der Waals surface area contributed by atoms with Gasteiger partial charge in [-0.25, -0.2) is 13.4 Å². The van der Waals surface area contributed by atoms with Crippen molar-refractivity contribution in [1.29, 1.82) is 0 Å². The Morgan fingerprint density at radius 2 is 1.55 bits per heavy atom. The molecule has 23 heteroatoms. The number of piperidine rings is 1. The highest BCUT2D eigenvalue weighted by atomic mass is 32.2. The van der Waals surface area contributed by atoms with Gasteiger partial charge >= 0.3 is 12.3 Å². The normalized spacial score (nSPS) is 15.8. The third-order valence-corrected chi connectivity index (χ3v) is 14.2. The molecule has 0 unspecified atom stereocenters. The smallest absolute Gasteiger partial charge is 0.423 e. The van der Waals surface area contributed by atoms with E-state index in [1.54, 1.807) is 42.5 Å². The molecular formula is C51H53F2N9O11S. The van der Waals surface area contributed by atoms with Crippen LogP contribution in [0.15, 0.2) is 107 Å². The molecule has 3 aromatic heterocycles. The molecule has 0 spiro atoms. The highest BCUT2D eigenvalue weighted by Gasteiger charge is 2.53. The molecule has 2 fully saturated rings. The molecule has 1 saturated carbocycles. The van der Waals surface area contributed by atoms with Gasteiger partial charge in [-0.15, -0.1) is 8.78 Å². The number of rotatable bonds is 22. The summed E-state index contributed by atoms with van der Waals surface area (Å²) in [5.74, 6) is -1.15. The molecule has 9 rings (SSSR count).